The second-order valence-corrected chi connectivity index (χ2v) is 5.29. The van der Waals surface area contributed by atoms with Crippen molar-refractivity contribution in [1.82, 2.24) is 9.88 Å². The number of amides is 1. The largest absolute Gasteiger partial charge is 0.357 e. The minimum absolute atomic E-state index is 0.153. The highest BCUT2D eigenvalue weighted by Gasteiger charge is 2.22. The molecule has 0 saturated heterocycles. The number of aromatic nitrogens is 1. The maximum absolute atomic E-state index is 11.4. The molecule has 2 aromatic rings. The molecular formula is C13H13BrN2O. The summed E-state index contributed by atoms with van der Waals surface area (Å²) < 4.78 is 1.08. The van der Waals surface area contributed by atoms with Crippen molar-refractivity contribution in [3.8, 4) is 0 Å². The highest BCUT2D eigenvalue weighted by Crippen LogP contribution is 2.31. The van der Waals surface area contributed by atoms with Crippen LogP contribution in [0.15, 0.2) is 22.7 Å². The van der Waals surface area contributed by atoms with E-state index in [4.69, 9.17) is 0 Å². The molecule has 1 aliphatic rings. The molecule has 0 bridgehead atoms. The molecule has 88 valence electrons. The highest BCUT2D eigenvalue weighted by molar-refractivity contribution is 9.10. The summed E-state index contributed by atoms with van der Waals surface area (Å²) in [5.74, 6) is 0.153. The molecule has 2 heterocycles. The molecule has 1 aromatic carbocycles. The smallest absolute Gasteiger partial charge is 0.219 e. The first-order valence-electron chi connectivity index (χ1n) is 5.70. The van der Waals surface area contributed by atoms with Crippen LogP contribution < -0.4 is 0 Å². The molecule has 0 saturated carbocycles. The summed E-state index contributed by atoms with van der Waals surface area (Å²) in [6.45, 7) is 3.17. The lowest BCUT2D eigenvalue weighted by Crippen LogP contribution is -2.33. The Kier molecular flexibility index (Phi) is 2.47. The van der Waals surface area contributed by atoms with Gasteiger partial charge >= 0.3 is 0 Å². The Bertz CT molecular complexity index is 603. The fourth-order valence-electron chi connectivity index (χ4n) is 2.47. The zero-order chi connectivity index (χ0) is 12.0. The van der Waals surface area contributed by atoms with Gasteiger partial charge in [-0.25, -0.2) is 0 Å². The number of hydrogen-bond donors (Lipinski definition) is 1. The maximum Gasteiger partial charge on any atom is 0.219 e. The number of H-pyrrole nitrogens is 1. The molecule has 17 heavy (non-hydrogen) atoms. The molecule has 3 nitrogen and oxygen atoms in total. The van der Waals surface area contributed by atoms with Crippen molar-refractivity contribution >= 4 is 32.7 Å². The van der Waals surface area contributed by atoms with E-state index in [1.165, 1.54) is 16.6 Å². The van der Waals surface area contributed by atoms with Crippen LogP contribution in [-0.4, -0.2) is 22.3 Å². The molecule has 0 atom stereocenters. The topological polar surface area (TPSA) is 36.1 Å². The second-order valence-electron chi connectivity index (χ2n) is 4.44. The highest BCUT2D eigenvalue weighted by atomic mass is 79.9. The minimum Gasteiger partial charge on any atom is -0.357 e. The molecule has 1 N–H and O–H groups in total. The summed E-state index contributed by atoms with van der Waals surface area (Å²) in [4.78, 5) is 16.8. The van der Waals surface area contributed by atoms with Crippen molar-refractivity contribution in [2.45, 2.75) is 19.9 Å². The van der Waals surface area contributed by atoms with Crippen LogP contribution in [0.2, 0.25) is 0 Å². The van der Waals surface area contributed by atoms with E-state index >= 15 is 0 Å². The normalized spacial score (nSPS) is 15.1. The fourth-order valence-corrected chi connectivity index (χ4v) is 2.94. The van der Waals surface area contributed by atoms with Gasteiger partial charge in [-0.1, -0.05) is 12.1 Å². The molecule has 3 rings (SSSR count). The van der Waals surface area contributed by atoms with Crippen LogP contribution in [0.3, 0.4) is 0 Å². The van der Waals surface area contributed by atoms with Gasteiger partial charge in [0.2, 0.25) is 5.91 Å². The summed E-state index contributed by atoms with van der Waals surface area (Å²) in [7, 11) is 0. The average molecular weight is 293 g/mol. The van der Waals surface area contributed by atoms with Gasteiger partial charge in [0.15, 0.2) is 0 Å². The van der Waals surface area contributed by atoms with Gasteiger partial charge in [0.25, 0.3) is 0 Å². The van der Waals surface area contributed by atoms with E-state index in [0.717, 1.165) is 29.5 Å². The van der Waals surface area contributed by atoms with E-state index in [9.17, 15) is 4.79 Å². The van der Waals surface area contributed by atoms with Crippen molar-refractivity contribution in [2.75, 3.05) is 6.54 Å². The van der Waals surface area contributed by atoms with Crippen LogP contribution in [0, 0.1) is 0 Å². The number of hydrogen-bond acceptors (Lipinski definition) is 1. The number of carbonyl (C=O) groups is 1. The molecule has 1 aliphatic heterocycles. The van der Waals surface area contributed by atoms with E-state index < -0.39 is 0 Å². The third kappa shape index (κ3) is 1.67. The Balaban J connectivity index is 2.15. The van der Waals surface area contributed by atoms with E-state index in [1.807, 2.05) is 17.0 Å². The molecule has 0 fully saturated rings. The number of rotatable bonds is 0. The number of nitrogens with zero attached hydrogens (tertiary/aromatic N) is 1. The molecule has 0 unspecified atom stereocenters. The van der Waals surface area contributed by atoms with Crippen LogP contribution in [0.25, 0.3) is 10.9 Å². The summed E-state index contributed by atoms with van der Waals surface area (Å²) in [6.07, 6.45) is 0.913. The third-order valence-electron chi connectivity index (χ3n) is 3.40. The van der Waals surface area contributed by atoms with Crippen LogP contribution in [-0.2, 0) is 17.8 Å². The van der Waals surface area contributed by atoms with E-state index in [0.29, 0.717) is 0 Å². The summed E-state index contributed by atoms with van der Waals surface area (Å²) in [5.41, 5.74) is 3.68. The lowest BCUT2D eigenvalue weighted by Gasteiger charge is -2.25. The Hall–Kier alpha value is -1.29. The quantitative estimate of drug-likeness (QED) is 0.796. The van der Waals surface area contributed by atoms with Crippen LogP contribution >= 0.6 is 15.9 Å². The van der Waals surface area contributed by atoms with Crippen LogP contribution in [0.5, 0.6) is 0 Å². The minimum atomic E-state index is 0.153. The van der Waals surface area contributed by atoms with Gasteiger partial charge < -0.3 is 9.88 Å². The number of nitrogens with one attached hydrogen (secondary N) is 1. The van der Waals surface area contributed by atoms with Crippen molar-refractivity contribution < 1.29 is 4.79 Å². The Morgan fingerprint density at radius 3 is 3.06 bits per heavy atom. The molecule has 1 aromatic heterocycles. The zero-order valence-corrected chi connectivity index (χ0v) is 11.2. The molecule has 1 amide bonds. The van der Waals surface area contributed by atoms with Gasteiger partial charge in [0.05, 0.1) is 5.52 Å². The van der Waals surface area contributed by atoms with Crippen LogP contribution in [0.4, 0.5) is 0 Å². The monoisotopic (exact) mass is 292 g/mol. The molecule has 0 radical (unpaired) electrons. The Morgan fingerprint density at radius 1 is 1.47 bits per heavy atom. The number of aromatic amines is 1. The van der Waals surface area contributed by atoms with Crippen molar-refractivity contribution in [3.63, 3.8) is 0 Å². The Morgan fingerprint density at radius 2 is 2.29 bits per heavy atom. The molecule has 0 spiro atoms. The van der Waals surface area contributed by atoms with E-state index in [2.05, 4.69) is 27.0 Å². The standard InChI is InChI=1S/C13H13BrN2O/c1-8(17)16-6-5-12-10(7-16)9-3-2-4-11(14)13(9)15-12/h2-4,15H,5-7H2,1H3. The number of para-hydroxylation sites is 1. The summed E-state index contributed by atoms with van der Waals surface area (Å²) in [5, 5.41) is 1.22. The fraction of sp³-hybridized carbons (Fsp3) is 0.308. The lowest BCUT2D eigenvalue weighted by molar-refractivity contribution is -0.129. The van der Waals surface area contributed by atoms with Crippen molar-refractivity contribution in [1.29, 1.82) is 0 Å². The lowest BCUT2D eigenvalue weighted by atomic mass is 10.0. The number of fused-ring (bicyclic) bond motifs is 3. The predicted molar refractivity (Wildman–Crippen MR) is 70.8 cm³/mol. The van der Waals surface area contributed by atoms with Gasteiger partial charge in [0, 0.05) is 47.6 Å². The predicted octanol–water partition coefficient (Wildman–Crippen LogP) is 2.84. The molecule has 0 aliphatic carbocycles. The van der Waals surface area contributed by atoms with E-state index in [-0.39, 0.29) is 5.91 Å². The van der Waals surface area contributed by atoms with Gasteiger partial charge in [-0.3, -0.25) is 4.79 Å². The molecular weight excluding hydrogens is 280 g/mol. The third-order valence-corrected chi connectivity index (χ3v) is 4.07. The number of carbonyl (C=O) groups excluding carboxylic acids is 1. The zero-order valence-electron chi connectivity index (χ0n) is 9.59. The summed E-state index contributed by atoms with van der Waals surface area (Å²) in [6, 6.07) is 6.18. The first kappa shape index (κ1) is 10.8. The van der Waals surface area contributed by atoms with Gasteiger partial charge in [-0.05, 0) is 22.0 Å². The van der Waals surface area contributed by atoms with Crippen molar-refractivity contribution in [3.05, 3.63) is 33.9 Å². The van der Waals surface area contributed by atoms with Crippen molar-refractivity contribution in [2.24, 2.45) is 0 Å². The van der Waals surface area contributed by atoms with Crippen LogP contribution in [0.1, 0.15) is 18.2 Å². The number of benzene rings is 1. The van der Waals surface area contributed by atoms with E-state index in [1.54, 1.807) is 6.92 Å². The van der Waals surface area contributed by atoms with Gasteiger partial charge in [-0.2, -0.15) is 0 Å². The summed E-state index contributed by atoms with van der Waals surface area (Å²) >= 11 is 3.56. The first-order chi connectivity index (χ1) is 8.16. The second kappa shape index (κ2) is 3.88. The molecule has 4 heteroatoms. The SMILES string of the molecule is CC(=O)N1CCc2[nH]c3c(Br)cccc3c2C1. The van der Waals surface area contributed by atoms with Gasteiger partial charge in [-0.15, -0.1) is 0 Å². The maximum atomic E-state index is 11.4. The van der Waals surface area contributed by atoms with Gasteiger partial charge in [0.1, 0.15) is 0 Å². The number of halogens is 1. The first-order valence-corrected chi connectivity index (χ1v) is 6.49. The Labute approximate surface area is 108 Å². The average Bonchev–Trinajstić information content (AvgIpc) is 2.68.